The van der Waals surface area contributed by atoms with Crippen molar-refractivity contribution in [3.63, 3.8) is 0 Å². The number of nitrogens with one attached hydrogen (secondary N) is 2. The van der Waals surface area contributed by atoms with Crippen molar-refractivity contribution >= 4 is 11.6 Å². The molecule has 1 aliphatic heterocycles. The zero-order valence-corrected chi connectivity index (χ0v) is 10.4. The van der Waals surface area contributed by atoms with Crippen LogP contribution in [0.4, 0.5) is 5.69 Å². The number of aromatic amines is 1. The molecule has 0 aliphatic carbocycles. The van der Waals surface area contributed by atoms with Gasteiger partial charge in [-0.2, -0.15) is 0 Å². The van der Waals surface area contributed by atoms with E-state index in [4.69, 9.17) is 0 Å². The number of nitrogens with zero attached hydrogens (tertiary/aromatic N) is 2. The molecule has 1 fully saturated rings. The first-order valence-corrected chi connectivity index (χ1v) is 5.77. The van der Waals surface area contributed by atoms with Crippen LogP contribution in [0.25, 0.3) is 0 Å². The molecule has 2 heterocycles. The first-order valence-electron chi connectivity index (χ1n) is 5.77. The van der Waals surface area contributed by atoms with Gasteiger partial charge in [0, 0.05) is 25.7 Å². The molecule has 2 N–H and O–H groups in total. The lowest BCUT2D eigenvalue weighted by molar-refractivity contribution is -0.384. The summed E-state index contributed by atoms with van der Waals surface area (Å²) in [7, 11) is 0. The van der Waals surface area contributed by atoms with Gasteiger partial charge in [-0.1, -0.05) is 0 Å². The lowest BCUT2D eigenvalue weighted by atomic mass is 10.00. The normalized spacial score (nSPS) is 18.7. The molecule has 7 heteroatoms. The van der Waals surface area contributed by atoms with E-state index in [2.05, 4.69) is 10.3 Å². The van der Waals surface area contributed by atoms with Crippen LogP contribution in [0, 0.1) is 10.1 Å². The maximum atomic E-state index is 12.3. The minimum absolute atomic E-state index is 0.0914. The van der Waals surface area contributed by atoms with Crippen LogP contribution in [0.5, 0.6) is 0 Å². The molecule has 0 saturated carbocycles. The molecule has 7 nitrogen and oxygen atoms in total. The van der Waals surface area contributed by atoms with E-state index >= 15 is 0 Å². The molecule has 2 rings (SSSR count). The Morgan fingerprint density at radius 3 is 2.83 bits per heavy atom. The number of H-pyrrole nitrogens is 1. The van der Waals surface area contributed by atoms with Crippen LogP contribution in [0.15, 0.2) is 12.3 Å². The fraction of sp³-hybridized carbons (Fsp3) is 0.545. The van der Waals surface area contributed by atoms with Crippen molar-refractivity contribution in [1.29, 1.82) is 0 Å². The van der Waals surface area contributed by atoms with Crippen molar-refractivity contribution in [3.05, 3.63) is 28.1 Å². The zero-order chi connectivity index (χ0) is 13.3. The molecule has 1 saturated heterocycles. The predicted molar refractivity (Wildman–Crippen MR) is 65.4 cm³/mol. The third-order valence-corrected chi connectivity index (χ3v) is 3.15. The number of nitro groups is 1. The monoisotopic (exact) mass is 252 g/mol. The second kappa shape index (κ2) is 4.41. The van der Waals surface area contributed by atoms with Crippen molar-refractivity contribution < 1.29 is 9.72 Å². The molecule has 98 valence electrons. The molecule has 0 unspecified atom stereocenters. The minimum atomic E-state index is -0.518. The number of aromatic nitrogens is 1. The smallest absolute Gasteiger partial charge is 0.287 e. The van der Waals surface area contributed by atoms with E-state index in [1.165, 1.54) is 12.3 Å². The topological polar surface area (TPSA) is 91.3 Å². The van der Waals surface area contributed by atoms with E-state index in [9.17, 15) is 14.9 Å². The summed E-state index contributed by atoms with van der Waals surface area (Å²) in [5.41, 5.74) is -0.127. The molecule has 0 aromatic carbocycles. The Morgan fingerprint density at radius 2 is 2.28 bits per heavy atom. The molecule has 1 aromatic rings. The Morgan fingerprint density at radius 1 is 1.56 bits per heavy atom. The summed E-state index contributed by atoms with van der Waals surface area (Å²) in [5.74, 6) is -0.199. The van der Waals surface area contributed by atoms with Gasteiger partial charge in [-0.05, 0) is 13.8 Å². The van der Waals surface area contributed by atoms with E-state index < -0.39 is 4.92 Å². The third kappa shape index (κ3) is 2.21. The Balaban J connectivity index is 2.21. The summed E-state index contributed by atoms with van der Waals surface area (Å²) in [6.45, 7) is 5.97. The summed E-state index contributed by atoms with van der Waals surface area (Å²) in [6.07, 6.45) is 1.24. The Labute approximate surface area is 104 Å². The van der Waals surface area contributed by atoms with Gasteiger partial charge >= 0.3 is 0 Å². The van der Waals surface area contributed by atoms with Crippen molar-refractivity contribution in [1.82, 2.24) is 15.2 Å². The van der Waals surface area contributed by atoms with Gasteiger partial charge in [0.05, 0.1) is 16.7 Å². The van der Waals surface area contributed by atoms with Crippen LogP contribution >= 0.6 is 0 Å². The van der Waals surface area contributed by atoms with Crippen LogP contribution < -0.4 is 5.32 Å². The first-order chi connectivity index (χ1) is 8.42. The highest BCUT2D eigenvalue weighted by molar-refractivity contribution is 5.93. The number of piperazine rings is 1. The van der Waals surface area contributed by atoms with Gasteiger partial charge < -0.3 is 15.2 Å². The SMILES string of the molecule is CC1(C)CNCCN1C(=O)c1cc([N+](=O)[O-])c[nH]1. The Bertz CT molecular complexity index is 480. The molecule has 0 atom stereocenters. The number of carbonyl (C=O) groups excluding carboxylic acids is 1. The zero-order valence-electron chi connectivity index (χ0n) is 10.4. The summed E-state index contributed by atoms with van der Waals surface area (Å²) < 4.78 is 0. The highest BCUT2D eigenvalue weighted by atomic mass is 16.6. The fourth-order valence-corrected chi connectivity index (χ4v) is 2.12. The minimum Gasteiger partial charge on any atom is -0.351 e. The number of hydrogen-bond donors (Lipinski definition) is 2. The second-order valence-corrected chi connectivity index (χ2v) is 4.97. The number of amides is 1. The van der Waals surface area contributed by atoms with Gasteiger partial charge in [0.2, 0.25) is 0 Å². The molecule has 1 amide bonds. The van der Waals surface area contributed by atoms with Crippen LogP contribution in [-0.2, 0) is 0 Å². The summed E-state index contributed by atoms with van der Waals surface area (Å²) in [5, 5.41) is 13.8. The van der Waals surface area contributed by atoms with Crippen molar-refractivity contribution in [2.75, 3.05) is 19.6 Å². The highest BCUT2D eigenvalue weighted by Crippen LogP contribution is 2.21. The van der Waals surface area contributed by atoms with Crippen molar-refractivity contribution in [3.8, 4) is 0 Å². The number of carbonyl (C=O) groups is 1. The largest absolute Gasteiger partial charge is 0.351 e. The van der Waals surface area contributed by atoms with Gasteiger partial charge in [-0.15, -0.1) is 0 Å². The quantitative estimate of drug-likeness (QED) is 0.600. The standard InChI is InChI=1S/C11H16N4O3/c1-11(2)7-12-3-4-14(11)10(16)9-5-8(6-13-9)15(17)18/h5-6,12-13H,3-4,7H2,1-2H3. The van der Waals surface area contributed by atoms with Gasteiger partial charge in [-0.25, -0.2) is 0 Å². The molecular weight excluding hydrogens is 236 g/mol. The first kappa shape index (κ1) is 12.6. The molecule has 18 heavy (non-hydrogen) atoms. The van der Waals surface area contributed by atoms with E-state index in [-0.39, 0.29) is 22.8 Å². The second-order valence-electron chi connectivity index (χ2n) is 4.97. The summed E-state index contributed by atoms with van der Waals surface area (Å²) in [6, 6.07) is 1.28. The van der Waals surface area contributed by atoms with E-state index in [0.717, 1.165) is 6.54 Å². The van der Waals surface area contributed by atoms with Crippen molar-refractivity contribution in [2.45, 2.75) is 19.4 Å². The average Bonchev–Trinajstić information content (AvgIpc) is 2.77. The van der Waals surface area contributed by atoms with Crippen LogP contribution in [0.1, 0.15) is 24.3 Å². The Kier molecular flexibility index (Phi) is 3.08. The van der Waals surface area contributed by atoms with Crippen LogP contribution in [0.3, 0.4) is 0 Å². The van der Waals surface area contributed by atoms with E-state index in [0.29, 0.717) is 13.1 Å². The number of rotatable bonds is 2. The molecule has 1 aliphatic rings. The predicted octanol–water partition coefficient (Wildman–Crippen LogP) is 0.747. The number of hydrogen-bond acceptors (Lipinski definition) is 4. The average molecular weight is 252 g/mol. The summed E-state index contributed by atoms with van der Waals surface area (Å²) >= 11 is 0. The lowest BCUT2D eigenvalue weighted by Gasteiger charge is -2.42. The molecule has 0 radical (unpaired) electrons. The van der Waals surface area contributed by atoms with E-state index in [1.54, 1.807) is 4.90 Å². The highest BCUT2D eigenvalue weighted by Gasteiger charge is 2.34. The third-order valence-electron chi connectivity index (χ3n) is 3.15. The van der Waals surface area contributed by atoms with E-state index in [1.807, 2.05) is 13.8 Å². The van der Waals surface area contributed by atoms with Gasteiger partial charge in [0.25, 0.3) is 11.6 Å². The van der Waals surface area contributed by atoms with Gasteiger partial charge in [0.15, 0.2) is 0 Å². The molecule has 0 bridgehead atoms. The fourth-order valence-electron chi connectivity index (χ4n) is 2.12. The maximum absolute atomic E-state index is 12.3. The molecular formula is C11H16N4O3. The van der Waals surface area contributed by atoms with Gasteiger partial charge in [-0.3, -0.25) is 14.9 Å². The molecule has 1 aromatic heterocycles. The lowest BCUT2D eigenvalue weighted by Crippen LogP contribution is -2.59. The molecule has 0 spiro atoms. The van der Waals surface area contributed by atoms with Crippen LogP contribution in [-0.4, -0.2) is 45.9 Å². The van der Waals surface area contributed by atoms with Gasteiger partial charge in [0.1, 0.15) is 5.69 Å². The summed E-state index contributed by atoms with van der Waals surface area (Å²) in [4.78, 5) is 26.8. The maximum Gasteiger partial charge on any atom is 0.287 e. The van der Waals surface area contributed by atoms with Crippen LogP contribution in [0.2, 0.25) is 0 Å². The Hall–Kier alpha value is -1.89. The van der Waals surface area contributed by atoms with Crippen molar-refractivity contribution in [2.24, 2.45) is 0 Å².